The molecule has 1 atom stereocenters. The van der Waals surface area contributed by atoms with Gasteiger partial charge in [0.2, 0.25) is 0 Å². The van der Waals surface area contributed by atoms with Crippen molar-refractivity contribution in [3.05, 3.63) is 46.5 Å². The van der Waals surface area contributed by atoms with Crippen LogP contribution in [0.5, 0.6) is 0 Å². The lowest BCUT2D eigenvalue weighted by molar-refractivity contribution is -0.144. The minimum atomic E-state index is -1.51. The third-order valence-corrected chi connectivity index (χ3v) is 4.01. The Bertz CT molecular complexity index is 656. The Morgan fingerprint density at radius 2 is 2.00 bits per heavy atom. The molecule has 1 heterocycles. The molecule has 1 amide bonds. The number of carboxylic acids is 1. The Kier molecular flexibility index (Phi) is 4.32. The molecule has 2 N–H and O–H groups in total. The highest BCUT2D eigenvalue weighted by Gasteiger charge is 2.37. The number of rotatable bonds is 5. The third-order valence-electron chi connectivity index (χ3n) is 3.24. The molecule has 6 nitrogen and oxygen atoms in total. The van der Waals surface area contributed by atoms with Gasteiger partial charge in [0.15, 0.2) is 5.54 Å². The molecule has 1 aromatic carbocycles. The molecule has 0 saturated carbocycles. The van der Waals surface area contributed by atoms with Crippen molar-refractivity contribution in [2.45, 2.75) is 25.8 Å². The third kappa shape index (κ3) is 2.92. The van der Waals surface area contributed by atoms with Crippen LogP contribution in [0.4, 0.5) is 0 Å². The van der Waals surface area contributed by atoms with E-state index in [1.807, 2.05) is 6.92 Å². The summed E-state index contributed by atoms with van der Waals surface area (Å²) in [6.07, 6.45) is 0.564. The van der Waals surface area contributed by atoms with Crippen molar-refractivity contribution in [1.29, 1.82) is 0 Å². The van der Waals surface area contributed by atoms with E-state index in [0.29, 0.717) is 22.6 Å². The molecule has 110 valence electrons. The standard InChI is InChI=1S/C14H15N3O3S/c1-3-10-11(21-17-16-10)12(18)15-14(2,13(19)20)9-7-5-4-6-8-9/h4-8H,3H2,1-2H3,(H,15,18)(H,19,20). The zero-order valence-corrected chi connectivity index (χ0v) is 12.5. The number of carboxylic acid groups (broad SMARTS) is 1. The van der Waals surface area contributed by atoms with Gasteiger partial charge in [0.25, 0.3) is 5.91 Å². The normalized spacial score (nSPS) is 13.4. The number of amides is 1. The second-order valence-electron chi connectivity index (χ2n) is 4.65. The van der Waals surface area contributed by atoms with Gasteiger partial charge >= 0.3 is 5.97 Å². The average molecular weight is 305 g/mol. The fourth-order valence-electron chi connectivity index (χ4n) is 1.92. The Labute approximate surface area is 126 Å². The first-order valence-electron chi connectivity index (χ1n) is 6.41. The average Bonchev–Trinajstić information content (AvgIpc) is 2.96. The summed E-state index contributed by atoms with van der Waals surface area (Å²) in [6.45, 7) is 3.32. The molecule has 0 spiro atoms. The van der Waals surface area contributed by atoms with Crippen LogP contribution in [0.15, 0.2) is 30.3 Å². The molecule has 0 saturated heterocycles. The molecule has 1 unspecified atom stereocenters. The molecule has 1 aromatic heterocycles. The van der Waals surface area contributed by atoms with Crippen LogP contribution in [0.3, 0.4) is 0 Å². The first-order chi connectivity index (χ1) is 9.99. The van der Waals surface area contributed by atoms with Crippen molar-refractivity contribution in [3.8, 4) is 0 Å². The lowest BCUT2D eigenvalue weighted by Crippen LogP contribution is -2.49. The van der Waals surface area contributed by atoms with Crippen molar-refractivity contribution in [2.24, 2.45) is 0 Å². The summed E-state index contributed by atoms with van der Waals surface area (Å²) in [5.41, 5.74) is -0.437. The summed E-state index contributed by atoms with van der Waals surface area (Å²) in [6, 6.07) is 8.58. The van der Waals surface area contributed by atoms with Gasteiger partial charge in [-0.25, -0.2) is 4.79 Å². The van der Waals surface area contributed by atoms with Gasteiger partial charge in [-0.2, -0.15) is 0 Å². The maximum absolute atomic E-state index is 12.3. The predicted molar refractivity (Wildman–Crippen MR) is 78.2 cm³/mol. The van der Waals surface area contributed by atoms with Crippen LogP contribution < -0.4 is 5.32 Å². The van der Waals surface area contributed by atoms with Gasteiger partial charge in [-0.15, -0.1) is 5.10 Å². The summed E-state index contributed by atoms with van der Waals surface area (Å²) >= 11 is 0.964. The molecule has 0 fully saturated rings. The summed E-state index contributed by atoms with van der Waals surface area (Å²) in [5.74, 6) is -1.60. The highest BCUT2D eigenvalue weighted by atomic mass is 32.1. The van der Waals surface area contributed by atoms with E-state index in [1.54, 1.807) is 30.3 Å². The van der Waals surface area contributed by atoms with E-state index in [4.69, 9.17) is 0 Å². The van der Waals surface area contributed by atoms with Gasteiger partial charge in [-0.05, 0) is 30.4 Å². The van der Waals surface area contributed by atoms with E-state index in [-0.39, 0.29) is 0 Å². The molecular weight excluding hydrogens is 290 g/mol. The minimum absolute atomic E-state index is 0.348. The minimum Gasteiger partial charge on any atom is -0.479 e. The van der Waals surface area contributed by atoms with Crippen LogP contribution in [0.2, 0.25) is 0 Å². The molecule has 0 radical (unpaired) electrons. The number of aryl methyl sites for hydroxylation is 1. The van der Waals surface area contributed by atoms with Gasteiger partial charge in [0.05, 0.1) is 5.69 Å². The number of aromatic nitrogens is 2. The lowest BCUT2D eigenvalue weighted by atomic mass is 9.92. The molecule has 2 rings (SSSR count). The molecule has 0 aliphatic rings. The van der Waals surface area contributed by atoms with Gasteiger partial charge in [-0.1, -0.05) is 41.7 Å². The molecular formula is C14H15N3O3S. The van der Waals surface area contributed by atoms with Crippen LogP contribution in [-0.4, -0.2) is 26.6 Å². The second-order valence-corrected chi connectivity index (χ2v) is 5.41. The van der Waals surface area contributed by atoms with Crippen LogP contribution >= 0.6 is 11.5 Å². The Hall–Kier alpha value is -2.28. The number of benzene rings is 1. The summed E-state index contributed by atoms with van der Waals surface area (Å²) < 4.78 is 3.75. The molecule has 21 heavy (non-hydrogen) atoms. The SMILES string of the molecule is CCc1nnsc1C(=O)NC(C)(C(=O)O)c1ccccc1. The Balaban J connectivity index is 2.33. The van der Waals surface area contributed by atoms with E-state index >= 15 is 0 Å². The Morgan fingerprint density at radius 3 is 2.57 bits per heavy atom. The monoisotopic (exact) mass is 305 g/mol. The van der Waals surface area contributed by atoms with Crippen molar-refractivity contribution in [3.63, 3.8) is 0 Å². The van der Waals surface area contributed by atoms with Crippen molar-refractivity contribution in [2.75, 3.05) is 0 Å². The predicted octanol–water partition coefficient (Wildman–Crippen LogP) is 1.83. The lowest BCUT2D eigenvalue weighted by Gasteiger charge is -2.26. The highest BCUT2D eigenvalue weighted by molar-refractivity contribution is 7.08. The second kappa shape index (κ2) is 6.01. The van der Waals surface area contributed by atoms with Crippen LogP contribution in [0.25, 0.3) is 0 Å². The zero-order chi connectivity index (χ0) is 15.5. The fraction of sp³-hybridized carbons (Fsp3) is 0.286. The molecule has 0 bridgehead atoms. The zero-order valence-electron chi connectivity index (χ0n) is 11.7. The number of carbonyl (C=O) groups is 2. The number of aliphatic carboxylic acids is 1. The van der Waals surface area contributed by atoms with Gasteiger partial charge < -0.3 is 10.4 Å². The first kappa shape index (κ1) is 15.1. The molecule has 7 heteroatoms. The number of hydrogen-bond acceptors (Lipinski definition) is 5. The highest BCUT2D eigenvalue weighted by Crippen LogP contribution is 2.22. The van der Waals surface area contributed by atoms with Crippen molar-refractivity contribution in [1.82, 2.24) is 14.9 Å². The molecule has 0 aliphatic carbocycles. The smallest absolute Gasteiger partial charge is 0.333 e. The van der Waals surface area contributed by atoms with Gasteiger partial charge in [0, 0.05) is 0 Å². The van der Waals surface area contributed by atoms with E-state index in [2.05, 4.69) is 14.9 Å². The van der Waals surface area contributed by atoms with Crippen LogP contribution in [0, 0.1) is 0 Å². The first-order valence-corrected chi connectivity index (χ1v) is 7.19. The van der Waals surface area contributed by atoms with E-state index in [0.717, 1.165) is 11.5 Å². The van der Waals surface area contributed by atoms with E-state index < -0.39 is 17.4 Å². The van der Waals surface area contributed by atoms with E-state index in [1.165, 1.54) is 6.92 Å². The Morgan fingerprint density at radius 1 is 1.33 bits per heavy atom. The maximum atomic E-state index is 12.3. The van der Waals surface area contributed by atoms with Crippen LogP contribution in [0.1, 0.15) is 34.8 Å². The molecule has 2 aromatic rings. The summed E-state index contributed by atoms with van der Waals surface area (Å²) in [5, 5.41) is 16.0. The number of nitrogens with one attached hydrogen (secondary N) is 1. The van der Waals surface area contributed by atoms with Gasteiger partial charge in [-0.3, -0.25) is 4.79 Å². The molecule has 0 aliphatic heterocycles. The van der Waals surface area contributed by atoms with Gasteiger partial charge in [0.1, 0.15) is 4.88 Å². The van der Waals surface area contributed by atoms with Crippen molar-refractivity contribution < 1.29 is 14.7 Å². The van der Waals surface area contributed by atoms with Crippen molar-refractivity contribution >= 4 is 23.4 Å². The fourth-order valence-corrected chi connectivity index (χ4v) is 2.56. The summed E-state index contributed by atoms with van der Waals surface area (Å²) in [7, 11) is 0. The number of nitrogens with zero attached hydrogens (tertiary/aromatic N) is 2. The summed E-state index contributed by atoms with van der Waals surface area (Å²) in [4.78, 5) is 24.3. The topological polar surface area (TPSA) is 92.2 Å². The number of hydrogen-bond donors (Lipinski definition) is 2. The maximum Gasteiger partial charge on any atom is 0.333 e. The largest absolute Gasteiger partial charge is 0.479 e. The van der Waals surface area contributed by atoms with E-state index in [9.17, 15) is 14.7 Å². The quantitative estimate of drug-likeness (QED) is 0.879. The number of carbonyl (C=O) groups excluding carboxylic acids is 1. The van der Waals surface area contributed by atoms with Crippen LogP contribution in [-0.2, 0) is 16.8 Å².